The molecular weight excluding hydrogens is 276 g/mol. The molecule has 0 radical (unpaired) electrons. The summed E-state index contributed by atoms with van der Waals surface area (Å²) >= 11 is 0. The molecule has 0 saturated carbocycles. The van der Waals surface area contributed by atoms with Gasteiger partial charge in [0.15, 0.2) is 0 Å². The van der Waals surface area contributed by atoms with Crippen molar-refractivity contribution in [2.24, 2.45) is 0 Å². The van der Waals surface area contributed by atoms with Crippen molar-refractivity contribution in [2.75, 3.05) is 7.05 Å². The van der Waals surface area contributed by atoms with E-state index in [2.05, 4.69) is 10.0 Å². The average Bonchev–Trinajstić information content (AvgIpc) is 2.78. The molecule has 0 atom stereocenters. The van der Waals surface area contributed by atoms with E-state index >= 15 is 0 Å². The molecule has 0 aliphatic rings. The second-order valence-electron chi connectivity index (χ2n) is 5.11. The highest BCUT2D eigenvalue weighted by Crippen LogP contribution is 2.26. The fraction of sp³-hybridized carbons (Fsp3) is 0.714. The second kappa shape index (κ2) is 6.74. The fourth-order valence-corrected chi connectivity index (χ4v) is 4.18. The molecule has 0 saturated heterocycles. The number of hydrogen-bond donors (Lipinski definition) is 2. The number of nitrogens with one attached hydrogen (secondary N) is 2. The van der Waals surface area contributed by atoms with Crippen molar-refractivity contribution < 1.29 is 12.8 Å². The van der Waals surface area contributed by atoms with Crippen LogP contribution in [0.3, 0.4) is 0 Å². The van der Waals surface area contributed by atoms with Gasteiger partial charge in [-0.15, -0.1) is 0 Å². The third-order valence-electron chi connectivity index (χ3n) is 3.94. The van der Waals surface area contributed by atoms with Crippen LogP contribution in [0.1, 0.15) is 51.6 Å². The van der Waals surface area contributed by atoms with Gasteiger partial charge in [-0.25, -0.2) is 13.1 Å². The van der Waals surface area contributed by atoms with Gasteiger partial charge in [-0.2, -0.15) is 0 Å². The first-order chi connectivity index (χ1) is 9.34. The molecule has 0 bridgehead atoms. The Morgan fingerprint density at radius 3 is 2.20 bits per heavy atom. The zero-order valence-corrected chi connectivity index (χ0v) is 13.9. The Bertz CT molecular complexity index is 522. The van der Waals surface area contributed by atoms with E-state index in [-0.39, 0.29) is 10.4 Å². The van der Waals surface area contributed by atoms with E-state index < -0.39 is 10.0 Å². The van der Waals surface area contributed by atoms with Gasteiger partial charge in [-0.1, -0.05) is 20.8 Å². The summed E-state index contributed by atoms with van der Waals surface area (Å²) in [5, 5.41) is 2.95. The van der Waals surface area contributed by atoms with Crippen LogP contribution in [-0.4, -0.2) is 21.0 Å². The highest BCUT2D eigenvalue weighted by molar-refractivity contribution is 7.89. The SMILES string of the molecule is CCC(CC)(CC)NS(=O)(=O)c1cc(CNC)oc1C. The summed E-state index contributed by atoms with van der Waals surface area (Å²) in [4.78, 5) is 0.238. The largest absolute Gasteiger partial charge is 0.464 e. The van der Waals surface area contributed by atoms with Crippen molar-refractivity contribution in [3.05, 3.63) is 17.6 Å². The molecule has 0 fully saturated rings. The molecule has 0 spiro atoms. The lowest BCUT2D eigenvalue weighted by molar-refractivity contribution is 0.341. The Balaban J connectivity index is 3.10. The molecule has 1 aromatic heterocycles. The fourth-order valence-electron chi connectivity index (χ4n) is 2.36. The normalized spacial score (nSPS) is 12.8. The number of furan rings is 1. The molecule has 2 N–H and O–H groups in total. The average molecular weight is 302 g/mol. The van der Waals surface area contributed by atoms with Crippen LogP contribution in [0.2, 0.25) is 0 Å². The number of sulfonamides is 1. The Hall–Kier alpha value is -0.850. The topological polar surface area (TPSA) is 71.3 Å². The van der Waals surface area contributed by atoms with Gasteiger partial charge in [0.05, 0.1) is 6.54 Å². The molecule has 20 heavy (non-hydrogen) atoms. The van der Waals surface area contributed by atoms with Crippen molar-refractivity contribution in [1.82, 2.24) is 10.0 Å². The lowest BCUT2D eigenvalue weighted by Gasteiger charge is -2.31. The van der Waals surface area contributed by atoms with Gasteiger partial charge in [0, 0.05) is 11.6 Å². The van der Waals surface area contributed by atoms with Crippen LogP contribution in [-0.2, 0) is 16.6 Å². The van der Waals surface area contributed by atoms with E-state index in [4.69, 9.17) is 4.42 Å². The van der Waals surface area contributed by atoms with Gasteiger partial charge in [-0.3, -0.25) is 0 Å². The van der Waals surface area contributed by atoms with E-state index in [1.165, 1.54) is 0 Å². The van der Waals surface area contributed by atoms with Crippen molar-refractivity contribution >= 4 is 10.0 Å². The first kappa shape index (κ1) is 17.2. The minimum Gasteiger partial charge on any atom is -0.464 e. The molecule has 0 amide bonds. The molecule has 0 aliphatic carbocycles. The predicted molar refractivity (Wildman–Crippen MR) is 80.1 cm³/mol. The molecule has 1 rings (SSSR count). The molecule has 1 aromatic rings. The molecular formula is C14H26N2O3S. The lowest BCUT2D eigenvalue weighted by Crippen LogP contribution is -2.47. The van der Waals surface area contributed by atoms with Gasteiger partial charge in [0.25, 0.3) is 0 Å². The summed E-state index contributed by atoms with van der Waals surface area (Å²) in [5.74, 6) is 1.06. The first-order valence-corrected chi connectivity index (χ1v) is 8.60. The minimum absolute atomic E-state index is 0.238. The predicted octanol–water partition coefficient (Wildman–Crippen LogP) is 2.55. The Morgan fingerprint density at radius 1 is 1.20 bits per heavy atom. The summed E-state index contributed by atoms with van der Waals surface area (Å²) in [6.45, 7) is 8.20. The smallest absolute Gasteiger partial charge is 0.244 e. The maximum absolute atomic E-state index is 12.6. The molecule has 0 aromatic carbocycles. The van der Waals surface area contributed by atoms with E-state index in [0.717, 1.165) is 19.3 Å². The molecule has 116 valence electrons. The molecule has 0 aliphatic heterocycles. The second-order valence-corrected chi connectivity index (χ2v) is 6.76. The van der Waals surface area contributed by atoms with E-state index in [0.29, 0.717) is 18.1 Å². The first-order valence-electron chi connectivity index (χ1n) is 7.12. The summed E-state index contributed by atoms with van der Waals surface area (Å²) in [6, 6.07) is 1.60. The van der Waals surface area contributed by atoms with Gasteiger partial charge in [0.2, 0.25) is 10.0 Å². The number of hydrogen-bond acceptors (Lipinski definition) is 4. The summed E-state index contributed by atoms with van der Waals surface area (Å²) in [7, 11) is -1.76. The standard InChI is InChI=1S/C14H26N2O3S/c1-6-14(7-2,8-3)16-20(17,18)13-9-12(10-15-5)19-11(13)4/h9,15-16H,6-8,10H2,1-5H3. The highest BCUT2D eigenvalue weighted by atomic mass is 32.2. The highest BCUT2D eigenvalue weighted by Gasteiger charge is 2.32. The summed E-state index contributed by atoms with van der Waals surface area (Å²) in [5.41, 5.74) is -0.383. The van der Waals surface area contributed by atoms with Crippen LogP contribution >= 0.6 is 0 Å². The monoisotopic (exact) mass is 302 g/mol. The van der Waals surface area contributed by atoms with Crippen molar-refractivity contribution in [2.45, 2.75) is 63.9 Å². The minimum atomic E-state index is -3.55. The summed E-state index contributed by atoms with van der Waals surface area (Å²) in [6.07, 6.45) is 2.29. The zero-order valence-electron chi connectivity index (χ0n) is 13.0. The molecule has 5 nitrogen and oxygen atoms in total. The lowest BCUT2D eigenvalue weighted by atomic mass is 9.91. The van der Waals surface area contributed by atoms with Crippen LogP contribution < -0.4 is 10.0 Å². The Morgan fingerprint density at radius 2 is 1.75 bits per heavy atom. The van der Waals surface area contributed by atoms with Crippen molar-refractivity contribution in [3.8, 4) is 0 Å². The van der Waals surface area contributed by atoms with Gasteiger partial charge in [-0.05, 0) is 33.2 Å². The molecule has 0 unspecified atom stereocenters. The number of aryl methyl sites for hydroxylation is 1. The molecule has 1 heterocycles. The van der Waals surface area contributed by atoms with Crippen LogP contribution in [0, 0.1) is 6.92 Å². The molecule has 6 heteroatoms. The van der Waals surface area contributed by atoms with Crippen molar-refractivity contribution in [1.29, 1.82) is 0 Å². The van der Waals surface area contributed by atoms with Gasteiger partial charge >= 0.3 is 0 Å². The van der Waals surface area contributed by atoms with Crippen LogP contribution in [0.25, 0.3) is 0 Å². The van der Waals surface area contributed by atoms with Crippen molar-refractivity contribution in [3.63, 3.8) is 0 Å². The zero-order chi connectivity index (χ0) is 15.4. The third-order valence-corrected chi connectivity index (χ3v) is 5.63. The Kier molecular flexibility index (Phi) is 5.79. The summed E-state index contributed by atoms with van der Waals surface area (Å²) < 4.78 is 33.5. The van der Waals surface area contributed by atoms with Crippen LogP contribution in [0.15, 0.2) is 15.4 Å². The quantitative estimate of drug-likeness (QED) is 0.774. The van der Waals surface area contributed by atoms with Crippen LogP contribution in [0.4, 0.5) is 0 Å². The van der Waals surface area contributed by atoms with E-state index in [9.17, 15) is 8.42 Å². The van der Waals surface area contributed by atoms with Gasteiger partial charge in [0.1, 0.15) is 16.4 Å². The maximum atomic E-state index is 12.6. The van der Waals surface area contributed by atoms with E-state index in [1.54, 1.807) is 20.0 Å². The number of rotatable bonds is 8. The van der Waals surface area contributed by atoms with E-state index in [1.807, 2.05) is 20.8 Å². The van der Waals surface area contributed by atoms with Gasteiger partial charge < -0.3 is 9.73 Å². The van der Waals surface area contributed by atoms with Crippen LogP contribution in [0.5, 0.6) is 0 Å². The maximum Gasteiger partial charge on any atom is 0.244 e. The Labute approximate surface area is 122 Å². The third kappa shape index (κ3) is 3.62.